The van der Waals surface area contributed by atoms with E-state index in [4.69, 9.17) is 4.74 Å². The summed E-state index contributed by atoms with van der Waals surface area (Å²) in [6, 6.07) is 7.02. The van der Waals surface area contributed by atoms with Crippen molar-refractivity contribution in [3.8, 4) is 17.0 Å². The van der Waals surface area contributed by atoms with Gasteiger partial charge in [-0.3, -0.25) is 4.98 Å². The summed E-state index contributed by atoms with van der Waals surface area (Å²) in [5, 5.41) is 14.1. The number of likely N-dealkylation sites (N-methyl/N-ethyl adjacent to an activating group) is 1. The average molecular weight is 367 g/mol. The normalized spacial score (nSPS) is 17.8. The smallest absolute Gasteiger partial charge is 0.165 e. The first kappa shape index (κ1) is 17.6. The van der Waals surface area contributed by atoms with Crippen LogP contribution in [-0.4, -0.2) is 53.4 Å². The predicted octanol–water partition coefficient (Wildman–Crippen LogP) is 3.35. The average Bonchev–Trinajstić information content (AvgIpc) is 2.68. The number of methoxy groups -OCH3 is 1. The standard InChI is InChI=1S/C20H22FN5O/c1-26-9-3-4-14(12-26)23-20-16-11-22-8-7-15(16)19(24-25-20)13-5-6-18(27-2)17(21)10-13/h5-8,10-11,14H,3-4,9,12H2,1-2H3,(H,23,25). The first-order chi connectivity index (χ1) is 13.2. The van der Waals surface area contributed by atoms with E-state index in [2.05, 4.69) is 32.4 Å². The SMILES string of the molecule is COc1ccc(-c2nnc(NC3CCCN(C)C3)c3cnccc23)cc1F. The zero-order chi connectivity index (χ0) is 18.8. The number of halogens is 1. The van der Waals surface area contributed by atoms with E-state index in [1.54, 1.807) is 24.5 Å². The summed E-state index contributed by atoms with van der Waals surface area (Å²) in [7, 11) is 3.57. The number of anilines is 1. The van der Waals surface area contributed by atoms with Gasteiger partial charge >= 0.3 is 0 Å². The molecule has 6 nitrogen and oxygen atoms in total. The number of ether oxygens (including phenoxy) is 1. The minimum atomic E-state index is -0.425. The zero-order valence-electron chi connectivity index (χ0n) is 15.4. The molecule has 27 heavy (non-hydrogen) atoms. The Morgan fingerprint density at radius 2 is 2.11 bits per heavy atom. The first-order valence-electron chi connectivity index (χ1n) is 9.05. The van der Waals surface area contributed by atoms with Crippen LogP contribution in [0.1, 0.15) is 12.8 Å². The number of likely N-dealkylation sites (tertiary alicyclic amines) is 1. The number of benzene rings is 1. The largest absolute Gasteiger partial charge is 0.494 e. The molecule has 3 aromatic rings. The lowest BCUT2D eigenvalue weighted by molar-refractivity contribution is 0.261. The van der Waals surface area contributed by atoms with Gasteiger partial charge in [0, 0.05) is 41.3 Å². The van der Waals surface area contributed by atoms with Crippen molar-refractivity contribution in [3.05, 3.63) is 42.5 Å². The molecule has 0 spiro atoms. The molecule has 1 unspecified atom stereocenters. The van der Waals surface area contributed by atoms with Crippen LogP contribution in [0, 0.1) is 5.82 Å². The van der Waals surface area contributed by atoms with E-state index < -0.39 is 5.82 Å². The first-order valence-corrected chi connectivity index (χ1v) is 9.05. The molecule has 1 atom stereocenters. The molecule has 3 heterocycles. The van der Waals surface area contributed by atoms with E-state index >= 15 is 0 Å². The Morgan fingerprint density at radius 3 is 2.89 bits per heavy atom. The number of nitrogens with zero attached hydrogens (tertiary/aromatic N) is 4. The molecule has 0 amide bonds. The number of rotatable bonds is 4. The summed E-state index contributed by atoms with van der Waals surface area (Å²) >= 11 is 0. The minimum Gasteiger partial charge on any atom is -0.494 e. The monoisotopic (exact) mass is 367 g/mol. The van der Waals surface area contributed by atoms with E-state index in [9.17, 15) is 4.39 Å². The molecule has 140 valence electrons. The Balaban J connectivity index is 1.73. The molecule has 1 aromatic carbocycles. The highest BCUT2D eigenvalue weighted by molar-refractivity contribution is 5.99. The molecule has 1 saturated heterocycles. The van der Waals surface area contributed by atoms with Crippen molar-refractivity contribution < 1.29 is 9.13 Å². The summed E-state index contributed by atoms with van der Waals surface area (Å²) in [4.78, 5) is 6.56. The molecule has 1 fully saturated rings. The molecule has 4 rings (SSSR count). The quantitative estimate of drug-likeness (QED) is 0.763. The van der Waals surface area contributed by atoms with Crippen LogP contribution in [0.15, 0.2) is 36.7 Å². The number of hydrogen-bond donors (Lipinski definition) is 1. The van der Waals surface area contributed by atoms with Gasteiger partial charge in [-0.1, -0.05) is 0 Å². The third-order valence-corrected chi connectivity index (χ3v) is 4.97. The van der Waals surface area contributed by atoms with E-state index in [-0.39, 0.29) is 5.75 Å². The summed E-state index contributed by atoms with van der Waals surface area (Å²) in [6.07, 6.45) is 5.74. The Hall–Kier alpha value is -2.80. The van der Waals surface area contributed by atoms with Gasteiger partial charge in [0.05, 0.1) is 7.11 Å². The van der Waals surface area contributed by atoms with Crippen LogP contribution in [0.5, 0.6) is 5.75 Å². The van der Waals surface area contributed by atoms with Crippen molar-refractivity contribution in [3.63, 3.8) is 0 Å². The summed E-state index contributed by atoms with van der Waals surface area (Å²) in [6.45, 7) is 2.09. The Morgan fingerprint density at radius 1 is 1.22 bits per heavy atom. The van der Waals surface area contributed by atoms with Crippen molar-refractivity contribution in [2.45, 2.75) is 18.9 Å². The number of fused-ring (bicyclic) bond motifs is 1. The molecule has 0 saturated carbocycles. The second kappa shape index (κ2) is 7.44. The van der Waals surface area contributed by atoms with Crippen LogP contribution in [0.2, 0.25) is 0 Å². The lowest BCUT2D eigenvalue weighted by atomic mass is 10.0. The molecule has 1 aliphatic rings. The van der Waals surface area contributed by atoms with E-state index in [1.807, 2.05) is 6.07 Å². The Labute approximate surface area is 157 Å². The van der Waals surface area contributed by atoms with Crippen LogP contribution < -0.4 is 10.1 Å². The number of aromatic nitrogens is 3. The molecule has 7 heteroatoms. The maximum absolute atomic E-state index is 14.2. The lowest BCUT2D eigenvalue weighted by Gasteiger charge is -2.30. The van der Waals surface area contributed by atoms with Crippen molar-refractivity contribution in [1.29, 1.82) is 0 Å². The predicted molar refractivity (Wildman–Crippen MR) is 103 cm³/mol. The number of piperidine rings is 1. The molecule has 0 bridgehead atoms. The zero-order valence-corrected chi connectivity index (χ0v) is 15.4. The van der Waals surface area contributed by atoms with E-state index in [0.717, 1.165) is 42.5 Å². The lowest BCUT2D eigenvalue weighted by Crippen LogP contribution is -2.40. The Bertz CT molecular complexity index is 964. The van der Waals surface area contributed by atoms with Gasteiger partial charge in [-0.25, -0.2) is 4.39 Å². The molecule has 2 aromatic heterocycles. The molecule has 0 radical (unpaired) electrons. The van der Waals surface area contributed by atoms with Gasteiger partial charge in [-0.2, -0.15) is 0 Å². The van der Waals surface area contributed by atoms with Crippen molar-refractivity contribution in [2.75, 3.05) is 32.6 Å². The highest BCUT2D eigenvalue weighted by Crippen LogP contribution is 2.31. The van der Waals surface area contributed by atoms with Gasteiger partial charge in [-0.05, 0) is 50.7 Å². The molecule has 1 aliphatic heterocycles. The van der Waals surface area contributed by atoms with Gasteiger partial charge in [0.25, 0.3) is 0 Å². The fraction of sp³-hybridized carbons (Fsp3) is 0.350. The Kier molecular flexibility index (Phi) is 4.85. The maximum Gasteiger partial charge on any atom is 0.165 e. The number of nitrogens with one attached hydrogen (secondary N) is 1. The summed E-state index contributed by atoms with van der Waals surface area (Å²) < 4.78 is 19.2. The fourth-order valence-electron chi connectivity index (χ4n) is 3.61. The summed E-state index contributed by atoms with van der Waals surface area (Å²) in [5.74, 6) is 0.500. The van der Waals surface area contributed by atoms with Crippen LogP contribution in [0.3, 0.4) is 0 Å². The van der Waals surface area contributed by atoms with Crippen molar-refractivity contribution in [1.82, 2.24) is 20.1 Å². The summed E-state index contributed by atoms with van der Waals surface area (Å²) in [5.41, 5.74) is 1.28. The third kappa shape index (κ3) is 3.55. The third-order valence-electron chi connectivity index (χ3n) is 4.97. The fourth-order valence-corrected chi connectivity index (χ4v) is 3.61. The van der Waals surface area contributed by atoms with Gasteiger partial charge in [0.15, 0.2) is 17.4 Å². The second-order valence-electron chi connectivity index (χ2n) is 6.91. The van der Waals surface area contributed by atoms with Crippen LogP contribution in [0.25, 0.3) is 22.0 Å². The maximum atomic E-state index is 14.2. The number of hydrogen-bond acceptors (Lipinski definition) is 6. The van der Waals surface area contributed by atoms with Crippen LogP contribution in [-0.2, 0) is 0 Å². The van der Waals surface area contributed by atoms with Crippen LogP contribution >= 0.6 is 0 Å². The van der Waals surface area contributed by atoms with E-state index in [1.165, 1.54) is 13.2 Å². The van der Waals surface area contributed by atoms with Crippen LogP contribution in [0.4, 0.5) is 10.2 Å². The molecular formula is C20H22FN5O. The van der Waals surface area contributed by atoms with Crippen molar-refractivity contribution in [2.24, 2.45) is 0 Å². The molecular weight excluding hydrogens is 345 g/mol. The van der Waals surface area contributed by atoms with Crippen molar-refractivity contribution >= 4 is 16.6 Å². The molecule has 0 aliphatic carbocycles. The van der Waals surface area contributed by atoms with Gasteiger partial charge in [-0.15, -0.1) is 10.2 Å². The highest BCUT2D eigenvalue weighted by atomic mass is 19.1. The van der Waals surface area contributed by atoms with Gasteiger partial charge in [0.2, 0.25) is 0 Å². The minimum absolute atomic E-state index is 0.206. The topological polar surface area (TPSA) is 63.2 Å². The number of pyridine rings is 1. The highest BCUT2D eigenvalue weighted by Gasteiger charge is 2.19. The second-order valence-corrected chi connectivity index (χ2v) is 6.91. The van der Waals surface area contributed by atoms with E-state index in [0.29, 0.717) is 17.3 Å². The van der Waals surface area contributed by atoms with Gasteiger partial charge in [0.1, 0.15) is 5.69 Å². The molecule has 1 N–H and O–H groups in total. The van der Waals surface area contributed by atoms with Gasteiger partial charge < -0.3 is 15.0 Å².